The molecule has 0 bridgehead atoms. The minimum absolute atomic E-state index is 0.00486. The molecule has 5 nitrogen and oxygen atoms in total. The van der Waals surface area contributed by atoms with Gasteiger partial charge in [-0.2, -0.15) is 0 Å². The summed E-state index contributed by atoms with van der Waals surface area (Å²) in [6, 6.07) is 8.01. The molecule has 1 aromatic carbocycles. The molecule has 0 unspecified atom stereocenters. The van der Waals surface area contributed by atoms with Gasteiger partial charge in [-0.3, -0.25) is 9.59 Å². The lowest BCUT2D eigenvalue weighted by Gasteiger charge is -2.20. The van der Waals surface area contributed by atoms with Crippen molar-refractivity contribution in [1.29, 1.82) is 0 Å². The maximum Gasteiger partial charge on any atom is 0.240 e. The van der Waals surface area contributed by atoms with Crippen molar-refractivity contribution in [1.82, 2.24) is 5.32 Å². The third kappa shape index (κ3) is 4.71. The first-order valence-electron chi connectivity index (χ1n) is 6.31. The third-order valence-corrected chi connectivity index (χ3v) is 2.96. The Morgan fingerprint density at radius 3 is 2.26 bits per heavy atom. The maximum atomic E-state index is 11.8. The first kappa shape index (κ1) is 15.2. The Morgan fingerprint density at radius 2 is 1.79 bits per heavy atom. The zero-order valence-electron chi connectivity index (χ0n) is 11.3. The number of rotatable bonds is 6. The second-order valence-corrected chi connectivity index (χ2v) is 4.92. The zero-order valence-corrected chi connectivity index (χ0v) is 11.3. The van der Waals surface area contributed by atoms with Gasteiger partial charge in [0.05, 0.1) is 6.04 Å². The van der Waals surface area contributed by atoms with Crippen LogP contribution in [0.15, 0.2) is 30.3 Å². The number of carbonyl (C=O) groups excluding carboxylic acids is 2. The predicted octanol–water partition coefficient (Wildman–Crippen LogP) is 0.183. The number of hydrogen-bond donors (Lipinski definition) is 3. The standard InChI is InChI=1S/C14H21N3O2/c1-9(2)12(15)14(19)17-11(13(16)18)8-10-6-4-3-5-7-10/h3-7,9,11-12H,8,15H2,1-2H3,(H2,16,18)(H,17,19)/t11-,12-/m1/s1. The number of carbonyl (C=O) groups is 2. The Bertz CT molecular complexity index is 432. The summed E-state index contributed by atoms with van der Waals surface area (Å²) >= 11 is 0. The van der Waals surface area contributed by atoms with Crippen LogP contribution in [-0.4, -0.2) is 23.9 Å². The van der Waals surface area contributed by atoms with Gasteiger partial charge in [-0.15, -0.1) is 0 Å². The number of amides is 2. The molecule has 5 N–H and O–H groups in total. The highest BCUT2D eigenvalue weighted by Crippen LogP contribution is 2.04. The SMILES string of the molecule is CC(C)[C@@H](N)C(=O)N[C@H](Cc1ccccc1)C(N)=O. The van der Waals surface area contributed by atoms with Gasteiger partial charge in [0.1, 0.15) is 6.04 Å². The van der Waals surface area contributed by atoms with E-state index in [2.05, 4.69) is 5.32 Å². The largest absolute Gasteiger partial charge is 0.368 e. The molecule has 2 amide bonds. The van der Waals surface area contributed by atoms with Crippen LogP contribution in [-0.2, 0) is 16.0 Å². The number of nitrogens with one attached hydrogen (secondary N) is 1. The summed E-state index contributed by atoms with van der Waals surface area (Å²) in [4.78, 5) is 23.2. The molecule has 5 heteroatoms. The molecule has 0 saturated carbocycles. The van der Waals surface area contributed by atoms with E-state index in [0.717, 1.165) is 5.56 Å². The van der Waals surface area contributed by atoms with Crippen LogP contribution in [0, 0.1) is 5.92 Å². The molecule has 0 aromatic heterocycles. The van der Waals surface area contributed by atoms with E-state index in [1.807, 2.05) is 44.2 Å². The molecule has 104 valence electrons. The van der Waals surface area contributed by atoms with Crippen LogP contribution in [0.4, 0.5) is 0 Å². The summed E-state index contributed by atoms with van der Waals surface area (Å²) in [5, 5.41) is 2.61. The van der Waals surface area contributed by atoms with Crippen molar-refractivity contribution in [2.45, 2.75) is 32.4 Å². The first-order valence-corrected chi connectivity index (χ1v) is 6.31. The minimum Gasteiger partial charge on any atom is -0.368 e. The average Bonchev–Trinajstić information content (AvgIpc) is 2.37. The molecule has 0 heterocycles. The average molecular weight is 263 g/mol. The van der Waals surface area contributed by atoms with Crippen molar-refractivity contribution < 1.29 is 9.59 Å². The van der Waals surface area contributed by atoms with Gasteiger partial charge >= 0.3 is 0 Å². The predicted molar refractivity (Wildman–Crippen MR) is 74.1 cm³/mol. The van der Waals surface area contributed by atoms with Crippen LogP contribution in [0.2, 0.25) is 0 Å². The van der Waals surface area contributed by atoms with Crippen LogP contribution in [0.5, 0.6) is 0 Å². The van der Waals surface area contributed by atoms with E-state index in [-0.39, 0.29) is 11.8 Å². The highest BCUT2D eigenvalue weighted by atomic mass is 16.2. The Hall–Kier alpha value is -1.88. The highest BCUT2D eigenvalue weighted by Gasteiger charge is 2.23. The Balaban J connectivity index is 2.69. The van der Waals surface area contributed by atoms with Crippen molar-refractivity contribution in [3.63, 3.8) is 0 Å². The summed E-state index contributed by atoms with van der Waals surface area (Å²) in [6.45, 7) is 3.70. The molecule has 0 spiro atoms. The fourth-order valence-corrected chi connectivity index (χ4v) is 1.64. The van der Waals surface area contributed by atoms with E-state index >= 15 is 0 Å². The molecular formula is C14H21N3O2. The van der Waals surface area contributed by atoms with Crippen molar-refractivity contribution in [2.24, 2.45) is 17.4 Å². The molecule has 0 radical (unpaired) electrons. The van der Waals surface area contributed by atoms with E-state index in [9.17, 15) is 9.59 Å². The topological polar surface area (TPSA) is 98.2 Å². The van der Waals surface area contributed by atoms with Crippen LogP contribution < -0.4 is 16.8 Å². The Kier molecular flexibility index (Phi) is 5.51. The normalized spacial score (nSPS) is 13.9. The maximum absolute atomic E-state index is 11.8. The van der Waals surface area contributed by atoms with Crippen LogP contribution in [0.3, 0.4) is 0 Å². The van der Waals surface area contributed by atoms with Crippen LogP contribution in [0.25, 0.3) is 0 Å². The van der Waals surface area contributed by atoms with E-state index < -0.39 is 18.0 Å². The smallest absolute Gasteiger partial charge is 0.240 e. The summed E-state index contributed by atoms with van der Waals surface area (Å²) in [5.41, 5.74) is 12.0. The van der Waals surface area contributed by atoms with Crippen LogP contribution in [0.1, 0.15) is 19.4 Å². The van der Waals surface area contributed by atoms with Gasteiger partial charge in [0.15, 0.2) is 0 Å². The lowest BCUT2D eigenvalue weighted by atomic mass is 10.0. The van der Waals surface area contributed by atoms with E-state index in [1.54, 1.807) is 0 Å². The van der Waals surface area contributed by atoms with Gasteiger partial charge in [0.25, 0.3) is 0 Å². The molecule has 0 fully saturated rings. The van der Waals surface area contributed by atoms with Gasteiger partial charge in [0, 0.05) is 6.42 Å². The lowest BCUT2D eigenvalue weighted by molar-refractivity contribution is -0.128. The summed E-state index contributed by atoms with van der Waals surface area (Å²) < 4.78 is 0. The van der Waals surface area contributed by atoms with Crippen LogP contribution >= 0.6 is 0 Å². The quantitative estimate of drug-likeness (QED) is 0.683. The minimum atomic E-state index is -0.736. The summed E-state index contributed by atoms with van der Waals surface area (Å²) in [6.07, 6.45) is 0.368. The van der Waals surface area contributed by atoms with Gasteiger partial charge < -0.3 is 16.8 Å². The molecule has 0 aliphatic carbocycles. The number of hydrogen-bond acceptors (Lipinski definition) is 3. The van der Waals surface area contributed by atoms with Gasteiger partial charge in [-0.25, -0.2) is 0 Å². The fraction of sp³-hybridized carbons (Fsp3) is 0.429. The van der Waals surface area contributed by atoms with Gasteiger partial charge in [0.2, 0.25) is 11.8 Å². The monoisotopic (exact) mass is 263 g/mol. The van der Waals surface area contributed by atoms with E-state index in [0.29, 0.717) is 6.42 Å². The molecular weight excluding hydrogens is 242 g/mol. The van der Waals surface area contributed by atoms with Crippen molar-refractivity contribution in [3.8, 4) is 0 Å². The Morgan fingerprint density at radius 1 is 1.21 bits per heavy atom. The highest BCUT2D eigenvalue weighted by molar-refractivity contribution is 5.89. The molecule has 1 rings (SSSR count). The third-order valence-electron chi connectivity index (χ3n) is 2.96. The molecule has 0 aliphatic rings. The second kappa shape index (κ2) is 6.89. The molecule has 0 saturated heterocycles. The molecule has 1 aromatic rings. The van der Waals surface area contributed by atoms with Gasteiger partial charge in [-0.05, 0) is 11.5 Å². The molecule has 2 atom stereocenters. The first-order chi connectivity index (χ1) is 8.91. The van der Waals surface area contributed by atoms with E-state index in [4.69, 9.17) is 11.5 Å². The molecule has 19 heavy (non-hydrogen) atoms. The fourth-order valence-electron chi connectivity index (χ4n) is 1.64. The summed E-state index contributed by atoms with van der Waals surface area (Å²) in [7, 11) is 0. The van der Waals surface area contributed by atoms with Crippen molar-refractivity contribution in [3.05, 3.63) is 35.9 Å². The van der Waals surface area contributed by atoms with E-state index in [1.165, 1.54) is 0 Å². The lowest BCUT2D eigenvalue weighted by Crippen LogP contribution is -2.52. The number of primary amides is 1. The molecule has 0 aliphatic heterocycles. The van der Waals surface area contributed by atoms with Crippen molar-refractivity contribution in [2.75, 3.05) is 0 Å². The van der Waals surface area contributed by atoms with Crippen molar-refractivity contribution >= 4 is 11.8 Å². The number of benzene rings is 1. The summed E-state index contributed by atoms with van der Waals surface area (Å²) in [5.74, 6) is -0.909. The second-order valence-electron chi connectivity index (χ2n) is 4.92. The van der Waals surface area contributed by atoms with Gasteiger partial charge in [-0.1, -0.05) is 44.2 Å². The Labute approximate surface area is 113 Å². The number of nitrogens with two attached hydrogens (primary N) is 2. The zero-order chi connectivity index (χ0) is 14.4.